The lowest BCUT2D eigenvalue weighted by Crippen LogP contribution is -2.17. The van der Waals surface area contributed by atoms with Gasteiger partial charge in [0.2, 0.25) is 0 Å². The summed E-state index contributed by atoms with van der Waals surface area (Å²) in [7, 11) is -3.57. The molecule has 0 spiro atoms. The van der Waals surface area contributed by atoms with Crippen molar-refractivity contribution in [2.24, 2.45) is 0 Å². The molecule has 6 nitrogen and oxygen atoms in total. The highest BCUT2D eigenvalue weighted by Gasteiger charge is 2.12. The Morgan fingerprint density at radius 3 is 2.72 bits per heavy atom. The van der Waals surface area contributed by atoms with E-state index in [2.05, 4.69) is 14.5 Å². The van der Waals surface area contributed by atoms with E-state index in [0.29, 0.717) is 16.6 Å². The number of benzene rings is 1. The highest BCUT2D eigenvalue weighted by Crippen LogP contribution is 2.23. The molecule has 2 aromatic rings. The summed E-state index contributed by atoms with van der Waals surface area (Å²) in [6, 6.07) is 5.59. The van der Waals surface area contributed by atoms with Gasteiger partial charge < -0.3 is 14.5 Å². The molecule has 96 valence electrons. The summed E-state index contributed by atoms with van der Waals surface area (Å²) >= 11 is 0. The Hall–Kier alpha value is -2.09. The van der Waals surface area contributed by atoms with Gasteiger partial charge in [-0.25, -0.2) is 0 Å². The van der Waals surface area contributed by atoms with Gasteiger partial charge in [-0.3, -0.25) is 4.79 Å². The van der Waals surface area contributed by atoms with Crippen LogP contribution in [0.3, 0.4) is 0 Å². The second-order valence-corrected chi connectivity index (χ2v) is 4.44. The molecule has 0 saturated heterocycles. The third-order valence-corrected chi connectivity index (χ3v) is 2.65. The predicted octanol–water partition coefficient (Wildman–Crippen LogP) is 1.12. The molecule has 18 heavy (non-hydrogen) atoms. The lowest BCUT2D eigenvalue weighted by atomic mass is 10.2. The van der Waals surface area contributed by atoms with Crippen molar-refractivity contribution >= 4 is 27.3 Å². The zero-order chi connectivity index (χ0) is 13.3. The van der Waals surface area contributed by atoms with Crippen LogP contribution in [0.2, 0.25) is 0 Å². The van der Waals surface area contributed by atoms with E-state index >= 15 is 0 Å². The molecule has 0 fully saturated rings. The van der Waals surface area contributed by atoms with E-state index in [0.717, 1.165) is 0 Å². The van der Waals surface area contributed by atoms with Crippen molar-refractivity contribution in [3.63, 3.8) is 0 Å². The standard InChI is InChI=1S/C10H9FN2O4S/c1-12-10(14)9-5-6-4-7(17-18(11,15)16)2-3-8(6)13-9/h2-5,13H,1H3,(H,12,14). The van der Waals surface area contributed by atoms with E-state index < -0.39 is 10.5 Å². The number of carbonyl (C=O) groups is 1. The zero-order valence-corrected chi connectivity index (χ0v) is 10.0. The molecule has 0 radical (unpaired) electrons. The summed E-state index contributed by atoms with van der Waals surface area (Å²) in [5.74, 6) is -0.473. The molecule has 0 bridgehead atoms. The average molecular weight is 272 g/mol. The Bertz CT molecular complexity index is 708. The number of H-pyrrole nitrogens is 1. The van der Waals surface area contributed by atoms with Gasteiger partial charge in [0.05, 0.1) is 0 Å². The molecule has 1 amide bonds. The number of aromatic amines is 1. The molecule has 0 aliphatic heterocycles. The van der Waals surface area contributed by atoms with E-state index in [1.54, 1.807) is 0 Å². The minimum atomic E-state index is -5.05. The first-order chi connectivity index (χ1) is 8.39. The number of halogens is 1. The molecule has 2 N–H and O–H groups in total. The smallest absolute Gasteiger partial charge is 0.358 e. The van der Waals surface area contributed by atoms with Crippen molar-refractivity contribution in [3.8, 4) is 5.75 Å². The molecule has 0 aliphatic rings. The van der Waals surface area contributed by atoms with Crippen LogP contribution in [0.1, 0.15) is 10.5 Å². The fourth-order valence-electron chi connectivity index (χ4n) is 1.53. The van der Waals surface area contributed by atoms with E-state index in [4.69, 9.17) is 0 Å². The summed E-state index contributed by atoms with van der Waals surface area (Å²) in [6.07, 6.45) is 0. The number of amides is 1. The third kappa shape index (κ3) is 2.59. The van der Waals surface area contributed by atoms with Crippen molar-refractivity contribution in [2.45, 2.75) is 0 Å². The van der Waals surface area contributed by atoms with Crippen LogP contribution >= 0.6 is 0 Å². The van der Waals surface area contributed by atoms with Crippen LogP contribution in [0.4, 0.5) is 3.89 Å². The maximum absolute atomic E-state index is 12.3. The molecule has 0 aliphatic carbocycles. The van der Waals surface area contributed by atoms with Crippen molar-refractivity contribution in [2.75, 3.05) is 7.05 Å². The summed E-state index contributed by atoms with van der Waals surface area (Å²) in [4.78, 5) is 14.2. The minimum absolute atomic E-state index is 0.160. The highest BCUT2D eigenvalue weighted by atomic mass is 32.3. The van der Waals surface area contributed by atoms with Crippen LogP contribution in [0.5, 0.6) is 5.75 Å². The molecule has 1 aromatic heterocycles. The lowest BCUT2D eigenvalue weighted by Gasteiger charge is -1.98. The van der Waals surface area contributed by atoms with Crippen molar-refractivity contribution < 1.29 is 21.3 Å². The first-order valence-electron chi connectivity index (χ1n) is 4.88. The van der Waals surface area contributed by atoms with Gasteiger partial charge in [-0.15, -0.1) is 0 Å². The van der Waals surface area contributed by atoms with Gasteiger partial charge >= 0.3 is 10.5 Å². The Morgan fingerprint density at radius 1 is 1.39 bits per heavy atom. The van der Waals surface area contributed by atoms with Gasteiger partial charge in [0.25, 0.3) is 5.91 Å². The summed E-state index contributed by atoms with van der Waals surface area (Å²) in [6.45, 7) is 0. The van der Waals surface area contributed by atoms with Gasteiger partial charge in [0.15, 0.2) is 0 Å². The largest absolute Gasteiger partial charge is 0.488 e. The summed E-state index contributed by atoms with van der Waals surface area (Å²) in [5.41, 5.74) is 0.921. The van der Waals surface area contributed by atoms with Crippen LogP contribution in [-0.4, -0.2) is 26.4 Å². The molecular weight excluding hydrogens is 263 g/mol. The Labute approximate surface area is 102 Å². The number of carbonyl (C=O) groups excluding carboxylic acids is 1. The zero-order valence-electron chi connectivity index (χ0n) is 9.23. The number of hydrogen-bond acceptors (Lipinski definition) is 4. The average Bonchev–Trinajstić information content (AvgIpc) is 2.68. The van der Waals surface area contributed by atoms with Crippen LogP contribution in [0.15, 0.2) is 24.3 Å². The SMILES string of the molecule is CNC(=O)c1cc2cc(OS(=O)(=O)F)ccc2[nH]1. The molecule has 0 atom stereocenters. The van der Waals surface area contributed by atoms with Crippen molar-refractivity contribution in [1.82, 2.24) is 10.3 Å². The quantitative estimate of drug-likeness (QED) is 0.819. The number of fused-ring (bicyclic) bond motifs is 1. The van der Waals surface area contributed by atoms with Crippen LogP contribution in [0.25, 0.3) is 10.9 Å². The lowest BCUT2D eigenvalue weighted by molar-refractivity contribution is 0.0959. The molecule has 0 unspecified atom stereocenters. The topological polar surface area (TPSA) is 88.3 Å². The Balaban J connectivity index is 2.42. The minimum Gasteiger partial charge on any atom is -0.358 e. The van der Waals surface area contributed by atoms with Crippen molar-refractivity contribution in [3.05, 3.63) is 30.0 Å². The molecule has 0 saturated carbocycles. The first-order valence-corrected chi connectivity index (χ1v) is 6.19. The number of rotatable bonds is 3. The van der Waals surface area contributed by atoms with Gasteiger partial charge in [0, 0.05) is 18.0 Å². The first kappa shape index (κ1) is 12.4. The van der Waals surface area contributed by atoms with Gasteiger partial charge in [-0.2, -0.15) is 8.42 Å². The van der Waals surface area contributed by atoms with Crippen LogP contribution in [-0.2, 0) is 10.5 Å². The Kier molecular flexibility index (Phi) is 2.95. The van der Waals surface area contributed by atoms with Gasteiger partial charge in [-0.05, 0) is 24.3 Å². The molecule has 1 aromatic carbocycles. The van der Waals surface area contributed by atoms with Crippen LogP contribution < -0.4 is 9.50 Å². The van der Waals surface area contributed by atoms with E-state index in [1.807, 2.05) is 0 Å². The van der Waals surface area contributed by atoms with Gasteiger partial charge in [0.1, 0.15) is 11.4 Å². The monoisotopic (exact) mass is 272 g/mol. The fraction of sp³-hybridized carbons (Fsp3) is 0.100. The highest BCUT2D eigenvalue weighted by molar-refractivity contribution is 7.81. The third-order valence-electron chi connectivity index (χ3n) is 2.26. The number of nitrogens with one attached hydrogen (secondary N) is 2. The van der Waals surface area contributed by atoms with E-state index in [-0.39, 0.29) is 11.7 Å². The second-order valence-electron chi connectivity index (χ2n) is 3.49. The molecule has 2 rings (SSSR count). The summed E-state index contributed by atoms with van der Waals surface area (Å²) in [5, 5.41) is 2.97. The maximum Gasteiger partial charge on any atom is 0.488 e. The van der Waals surface area contributed by atoms with E-state index in [9.17, 15) is 17.1 Å². The predicted molar refractivity (Wildman–Crippen MR) is 62.3 cm³/mol. The molecule has 8 heteroatoms. The summed E-state index contributed by atoms with van der Waals surface area (Å²) < 4.78 is 37.1. The number of aromatic nitrogens is 1. The molecule has 1 heterocycles. The Morgan fingerprint density at radius 2 is 2.11 bits per heavy atom. The van der Waals surface area contributed by atoms with E-state index in [1.165, 1.54) is 31.3 Å². The number of hydrogen-bond donors (Lipinski definition) is 2. The fourth-order valence-corrected chi connectivity index (χ4v) is 1.87. The maximum atomic E-state index is 12.3. The van der Waals surface area contributed by atoms with Gasteiger partial charge in [-0.1, -0.05) is 3.89 Å². The van der Waals surface area contributed by atoms with Crippen LogP contribution in [0, 0.1) is 0 Å². The van der Waals surface area contributed by atoms with Crippen molar-refractivity contribution in [1.29, 1.82) is 0 Å². The molecular formula is C10H9FN2O4S. The normalized spacial score (nSPS) is 11.4. The second kappa shape index (κ2) is 4.30.